The third kappa shape index (κ3) is 2.82. The van der Waals surface area contributed by atoms with Gasteiger partial charge in [0.2, 0.25) is 5.95 Å². The molecular weight excluding hydrogens is 380 g/mol. The Kier molecular flexibility index (Phi) is 4.43. The van der Waals surface area contributed by atoms with Crippen molar-refractivity contribution in [3.8, 4) is 11.5 Å². The van der Waals surface area contributed by atoms with E-state index in [0.29, 0.717) is 28.5 Å². The summed E-state index contributed by atoms with van der Waals surface area (Å²) in [6.07, 6.45) is 2.94. The van der Waals surface area contributed by atoms with Crippen molar-refractivity contribution in [3.63, 3.8) is 0 Å². The third-order valence-electron chi connectivity index (χ3n) is 3.52. The van der Waals surface area contributed by atoms with Gasteiger partial charge < -0.3 is 19.9 Å². The molecule has 1 aliphatic heterocycles. The fraction of sp³-hybridized carbons (Fsp3) is 0.267. The Labute approximate surface area is 146 Å². The van der Waals surface area contributed by atoms with Gasteiger partial charge >= 0.3 is 5.97 Å². The van der Waals surface area contributed by atoms with Gasteiger partial charge in [0.15, 0.2) is 11.5 Å². The number of aromatic nitrogens is 3. The van der Waals surface area contributed by atoms with Crippen molar-refractivity contribution in [2.24, 2.45) is 0 Å². The van der Waals surface area contributed by atoms with Gasteiger partial charge in [-0.25, -0.2) is 9.48 Å². The molecule has 126 valence electrons. The van der Waals surface area contributed by atoms with Crippen LogP contribution in [0.4, 0.5) is 5.95 Å². The molecule has 0 aliphatic carbocycles. The van der Waals surface area contributed by atoms with E-state index in [0.717, 1.165) is 5.56 Å². The largest absolute Gasteiger partial charge is 0.493 e. The normalized spacial score (nSPS) is 16.0. The third-order valence-corrected chi connectivity index (χ3v) is 4.11. The summed E-state index contributed by atoms with van der Waals surface area (Å²) in [5.41, 5.74) is 0.832. The summed E-state index contributed by atoms with van der Waals surface area (Å²) < 4.78 is 13.3. The van der Waals surface area contributed by atoms with Crippen LogP contribution in [0.1, 0.15) is 18.5 Å². The molecule has 0 amide bonds. The molecule has 0 fully saturated rings. The van der Waals surface area contributed by atoms with E-state index in [1.807, 2.05) is 13.0 Å². The first kappa shape index (κ1) is 16.3. The first-order chi connectivity index (χ1) is 11.5. The van der Waals surface area contributed by atoms with Crippen molar-refractivity contribution in [3.05, 3.63) is 40.3 Å². The number of hydrogen-bond donors (Lipinski definition) is 2. The fourth-order valence-corrected chi connectivity index (χ4v) is 3.07. The second kappa shape index (κ2) is 6.52. The van der Waals surface area contributed by atoms with Gasteiger partial charge in [0.1, 0.15) is 18.1 Å². The Hall–Kier alpha value is -2.55. The molecule has 0 spiro atoms. The number of carboxylic acid groups (broad SMARTS) is 1. The Morgan fingerprint density at radius 2 is 2.29 bits per heavy atom. The van der Waals surface area contributed by atoms with Crippen LogP contribution >= 0.6 is 15.9 Å². The molecule has 9 heteroatoms. The molecule has 2 aromatic rings. The molecule has 0 saturated heterocycles. The number of methoxy groups -OCH3 is 1. The van der Waals surface area contributed by atoms with Crippen molar-refractivity contribution in [2.75, 3.05) is 19.0 Å². The fourth-order valence-electron chi connectivity index (χ4n) is 2.49. The van der Waals surface area contributed by atoms with E-state index in [4.69, 9.17) is 9.47 Å². The van der Waals surface area contributed by atoms with Gasteiger partial charge in [-0.15, -0.1) is 0 Å². The number of benzene rings is 1. The van der Waals surface area contributed by atoms with Gasteiger partial charge in [-0.2, -0.15) is 10.1 Å². The molecule has 2 N–H and O–H groups in total. The van der Waals surface area contributed by atoms with Crippen LogP contribution in [0.15, 0.2) is 34.7 Å². The maximum absolute atomic E-state index is 11.4. The molecule has 1 aromatic carbocycles. The van der Waals surface area contributed by atoms with Gasteiger partial charge in [0, 0.05) is 0 Å². The zero-order valence-electron chi connectivity index (χ0n) is 13.0. The zero-order valence-corrected chi connectivity index (χ0v) is 14.6. The predicted molar refractivity (Wildman–Crippen MR) is 89.4 cm³/mol. The number of rotatable bonds is 5. The lowest BCUT2D eigenvalue weighted by molar-refractivity contribution is -0.132. The summed E-state index contributed by atoms with van der Waals surface area (Å²) >= 11 is 3.48. The zero-order chi connectivity index (χ0) is 17.3. The topological polar surface area (TPSA) is 98.5 Å². The summed E-state index contributed by atoms with van der Waals surface area (Å²) in [5.74, 6) is 0.445. The van der Waals surface area contributed by atoms with Gasteiger partial charge in [-0.3, -0.25) is 0 Å². The molecular formula is C15H15BrN4O4. The minimum Gasteiger partial charge on any atom is -0.493 e. The van der Waals surface area contributed by atoms with E-state index in [1.165, 1.54) is 6.33 Å². The molecule has 2 heterocycles. The van der Waals surface area contributed by atoms with Crippen LogP contribution in [0.2, 0.25) is 0 Å². The van der Waals surface area contributed by atoms with Gasteiger partial charge in [0.05, 0.1) is 18.2 Å². The highest BCUT2D eigenvalue weighted by atomic mass is 79.9. The van der Waals surface area contributed by atoms with E-state index in [2.05, 4.69) is 31.3 Å². The number of carbonyl (C=O) groups is 1. The van der Waals surface area contributed by atoms with Crippen LogP contribution in [-0.2, 0) is 4.79 Å². The maximum Gasteiger partial charge on any atom is 0.352 e. The highest BCUT2D eigenvalue weighted by Gasteiger charge is 2.27. The summed E-state index contributed by atoms with van der Waals surface area (Å²) in [7, 11) is 1.55. The van der Waals surface area contributed by atoms with Crippen LogP contribution in [0.5, 0.6) is 11.5 Å². The van der Waals surface area contributed by atoms with Gasteiger partial charge in [-0.1, -0.05) is 0 Å². The minimum absolute atomic E-state index is 0.0458. The average molecular weight is 395 g/mol. The molecule has 1 aromatic heterocycles. The second-order valence-electron chi connectivity index (χ2n) is 4.95. The molecule has 0 unspecified atom stereocenters. The Balaban J connectivity index is 2.11. The van der Waals surface area contributed by atoms with Crippen LogP contribution in [0.25, 0.3) is 0 Å². The smallest absolute Gasteiger partial charge is 0.352 e. The lowest BCUT2D eigenvalue weighted by Gasteiger charge is -2.23. The molecule has 1 atom stereocenters. The minimum atomic E-state index is -1.06. The molecule has 24 heavy (non-hydrogen) atoms. The Morgan fingerprint density at radius 3 is 2.96 bits per heavy atom. The number of allylic oxidation sites excluding steroid dienone is 1. The van der Waals surface area contributed by atoms with Crippen molar-refractivity contribution in [2.45, 2.75) is 13.0 Å². The molecule has 0 saturated carbocycles. The molecule has 0 radical (unpaired) electrons. The van der Waals surface area contributed by atoms with E-state index < -0.39 is 12.0 Å². The Morgan fingerprint density at radius 1 is 1.50 bits per heavy atom. The number of carboxylic acids is 1. The first-order valence-electron chi connectivity index (χ1n) is 7.17. The number of hydrogen-bond acceptors (Lipinski definition) is 6. The number of ether oxygens (including phenoxy) is 2. The molecule has 3 rings (SSSR count). The molecule has 0 bridgehead atoms. The van der Waals surface area contributed by atoms with Gasteiger partial charge in [0.25, 0.3) is 0 Å². The van der Waals surface area contributed by atoms with Crippen LogP contribution in [-0.4, -0.2) is 39.6 Å². The maximum atomic E-state index is 11.4. The van der Waals surface area contributed by atoms with E-state index >= 15 is 0 Å². The summed E-state index contributed by atoms with van der Waals surface area (Å²) in [6.45, 7) is 2.38. The van der Waals surface area contributed by atoms with E-state index in [-0.39, 0.29) is 5.70 Å². The predicted octanol–water partition coefficient (Wildman–Crippen LogP) is 2.43. The monoisotopic (exact) mass is 394 g/mol. The summed E-state index contributed by atoms with van der Waals surface area (Å²) in [6, 6.07) is 3.22. The van der Waals surface area contributed by atoms with E-state index in [1.54, 1.807) is 23.9 Å². The second-order valence-corrected chi connectivity index (χ2v) is 5.81. The highest BCUT2D eigenvalue weighted by molar-refractivity contribution is 9.10. The number of nitrogens with zero attached hydrogens (tertiary/aromatic N) is 3. The summed E-state index contributed by atoms with van der Waals surface area (Å²) in [4.78, 5) is 15.4. The van der Waals surface area contributed by atoms with Crippen LogP contribution in [0.3, 0.4) is 0 Å². The average Bonchev–Trinajstić information content (AvgIpc) is 3.04. The number of nitrogens with one attached hydrogen (secondary N) is 1. The van der Waals surface area contributed by atoms with Crippen LogP contribution < -0.4 is 14.8 Å². The van der Waals surface area contributed by atoms with Crippen molar-refractivity contribution < 1.29 is 19.4 Å². The lowest BCUT2D eigenvalue weighted by atomic mass is 10.0. The standard InChI is InChI=1S/C15H15BrN4O4/c1-3-24-13-9(16)4-8(5-12(13)23-2)11-6-10(14(21)22)19-15-17-7-18-20(11)15/h4-7,11H,3H2,1-2H3,(H,21,22)(H,17,18,19)/t11-/m1/s1. The summed E-state index contributed by atoms with van der Waals surface area (Å²) in [5, 5.41) is 16.2. The number of aliphatic carboxylic acids is 1. The van der Waals surface area contributed by atoms with Crippen LogP contribution in [0, 0.1) is 0 Å². The quantitative estimate of drug-likeness (QED) is 0.803. The Bertz CT molecular complexity index is 818. The highest BCUT2D eigenvalue weighted by Crippen LogP contribution is 2.40. The van der Waals surface area contributed by atoms with E-state index in [9.17, 15) is 9.90 Å². The number of fused-ring (bicyclic) bond motifs is 1. The number of halogens is 1. The molecule has 8 nitrogen and oxygen atoms in total. The first-order valence-corrected chi connectivity index (χ1v) is 7.96. The SMILES string of the molecule is CCOc1c(Br)cc([C@H]2C=C(C(=O)O)Nc3ncnn32)cc1OC. The molecule has 1 aliphatic rings. The van der Waals surface area contributed by atoms with Crippen molar-refractivity contribution in [1.29, 1.82) is 0 Å². The lowest BCUT2D eigenvalue weighted by Crippen LogP contribution is -2.24. The van der Waals surface area contributed by atoms with Gasteiger partial charge in [-0.05, 0) is 46.6 Å². The van der Waals surface area contributed by atoms with Crippen molar-refractivity contribution in [1.82, 2.24) is 14.8 Å². The van der Waals surface area contributed by atoms with Crippen molar-refractivity contribution >= 4 is 27.8 Å². The number of anilines is 1.